The van der Waals surface area contributed by atoms with Gasteiger partial charge in [0.25, 0.3) is 0 Å². The van der Waals surface area contributed by atoms with Gasteiger partial charge < -0.3 is 4.48 Å². The van der Waals surface area contributed by atoms with Gasteiger partial charge in [-0.15, -0.1) is 0 Å². The van der Waals surface area contributed by atoms with Gasteiger partial charge in [0.2, 0.25) is 0 Å². The maximum atomic E-state index is 2.66. The number of nitrogens with zero attached hydrogens (tertiary/aromatic N) is 2. The summed E-state index contributed by atoms with van der Waals surface area (Å²) in [6, 6.07) is 0. The van der Waals surface area contributed by atoms with E-state index in [4.69, 9.17) is 0 Å². The van der Waals surface area contributed by atoms with Gasteiger partial charge in [0.1, 0.15) is 0 Å². The zero-order valence-corrected chi connectivity index (χ0v) is 18.7. The molecule has 156 valence electrons. The predicted octanol–water partition coefficient (Wildman–Crippen LogP) is 6.64. The summed E-state index contributed by atoms with van der Waals surface area (Å²) in [7, 11) is 2.49. The van der Waals surface area contributed by atoms with Gasteiger partial charge in [-0.3, -0.25) is 4.90 Å². The first-order valence-corrected chi connectivity index (χ1v) is 12.3. The number of quaternary nitrogens is 1. The van der Waals surface area contributed by atoms with Gasteiger partial charge >= 0.3 is 0 Å². The quantitative estimate of drug-likeness (QED) is 0.206. The van der Waals surface area contributed by atoms with Crippen LogP contribution in [-0.2, 0) is 0 Å². The van der Waals surface area contributed by atoms with Crippen LogP contribution in [0.2, 0.25) is 0 Å². The summed E-state index contributed by atoms with van der Waals surface area (Å²) in [5.41, 5.74) is 0. The van der Waals surface area contributed by atoms with Crippen molar-refractivity contribution in [2.75, 3.05) is 46.3 Å². The molecule has 0 aromatic heterocycles. The molecule has 0 amide bonds. The minimum absolute atomic E-state index is 1.30. The fourth-order valence-electron chi connectivity index (χ4n) is 4.44. The Kier molecular flexibility index (Phi) is 14.7. The van der Waals surface area contributed by atoms with Gasteiger partial charge in [-0.05, 0) is 25.8 Å². The Morgan fingerprint density at radius 3 is 1.42 bits per heavy atom. The van der Waals surface area contributed by atoms with Gasteiger partial charge in [-0.2, -0.15) is 0 Å². The third kappa shape index (κ3) is 12.3. The predicted molar refractivity (Wildman–Crippen MR) is 118 cm³/mol. The molecule has 0 aromatic carbocycles. The van der Waals surface area contributed by atoms with Crippen molar-refractivity contribution in [2.24, 2.45) is 0 Å². The lowest BCUT2D eigenvalue weighted by atomic mass is 10.0. The Hall–Kier alpha value is -0.0800. The molecule has 2 nitrogen and oxygen atoms in total. The maximum Gasteiger partial charge on any atom is 0.0914 e. The molecule has 0 spiro atoms. The van der Waals surface area contributed by atoms with Crippen LogP contribution in [0.5, 0.6) is 0 Å². The smallest absolute Gasteiger partial charge is 0.0914 e. The van der Waals surface area contributed by atoms with E-state index in [1.54, 1.807) is 0 Å². The van der Waals surface area contributed by atoms with Gasteiger partial charge in [0.15, 0.2) is 0 Å². The van der Waals surface area contributed by atoms with E-state index in [0.717, 1.165) is 0 Å². The van der Waals surface area contributed by atoms with Crippen LogP contribution in [0.4, 0.5) is 0 Å². The van der Waals surface area contributed by atoms with E-state index in [1.807, 2.05) is 0 Å². The summed E-state index contributed by atoms with van der Waals surface area (Å²) < 4.78 is 1.33. The van der Waals surface area contributed by atoms with Crippen molar-refractivity contribution < 1.29 is 4.48 Å². The Morgan fingerprint density at radius 2 is 1.00 bits per heavy atom. The molecule has 0 unspecified atom stereocenters. The van der Waals surface area contributed by atoms with E-state index in [-0.39, 0.29) is 0 Å². The molecule has 0 saturated carbocycles. The summed E-state index contributed by atoms with van der Waals surface area (Å²) >= 11 is 0. The summed E-state index contributed by atoms with van der Waals surface area (Å²) in [6.07, 6.45) is 21.8. The topological polar surface area (TPSA) is 3.24 Å². The number of unbranched alkanes of at least 4 members (excludes halogenated alkanes) is 13. The van der Waals surface area contributed by atoms with E-state index in [1.165, 1.54) is 140 Å². The minimum Gasteiger partial charge on any atom is -0.324 e. The highest BCUT2D eigenvalue weighted by molar-refractivity contribution is 4.62. The van der Waals surface area contributed by atoms with Gasteiger partial charge in [0.05, 0.1) is 26.7 Å². The third-order valence-electron chi connectivity index (χ3n) is 6.50. The Bertz CT molecular complexity index is 295. The second-order valence-electron chi connectivity index (χ2n) is 9.23. The molecule has 26 heavy (non-hydrogen) atoms. The lowest BCUT2D eigenvalue weighted by Crippen LogP contribution is -2.57. The minimum atomic E-state index is 1.30. The zero-order chi connectivity index (χ0) is 18.9. The molecule has 1 rings (SSSR count). The standard InChI is InChI=1S/C24H51N2/c1-4-6-7-8-9-10-11-12-13-14-15-16-17-18-22-26(3)23-20-25(19-5-2)21-24-26/h4-24H2,1-3H3/q+1. The summed E-state index contributed by atoms with van der Waals surface area (Å²) in [4.78, 5) is 2.66. The summed E-state index contributed by atoms with van der Waals surface area (Å²) in [6.45, 7) is 12.7. The normalized spacial score (nSPS) is 17.7. The van der Waals surface area contributed by atoms with Crippen molar-refractivity contribution in [1.29, 1.82) is 0 Å². The molecular formula is C24H51N2+. The molecule has 0 N–H and O–H groups in total. The van der Waals surface area contributed by atoms with Crippen LogP contribution in [0.15, 0.2) is 0 Å². The monoisotopic (exact) mass is 367 g/mol. The van der Waals surface area contributed by atoms with Crippen LogP contribution in [0.1, 0.15) is 110 Å². The van der Waals surface area contributed by atoms with Gasteiger partial charge in [-0.25, -0.2) is 0 Å². The molecule has 0 atom stereocenters. The fraction of sp³-hybridized carbons (Fsp3) is 1.00. The summed E-state index contributed by atoms with van der Waals surface area (Å²) in [5.74, 6) is 0. The van der Waals surface area contributed by atoms with Crippen LogP contribution in [0, 0.1) is 0 Å². The first-order valence-electron chi connectivity index (χ1n) is 12.3. The zero-order valence-electron chi connectivity index (χ0n) is 18.7. The van der Waals surface area contributed by atoms with Crippen LogP contribution in [0.3, 0.4) is 0 Å². The van der Waals surface area contributed by atoms with E-state index in [9.17, 15) is 0 Å². The number of likely N-dealkylation sites (N-methyl/N-ethyl adjacent to an activating group) is 1. The van der Waals surface area contributed by atoms with E-state index in [0.29, 0.717) is 0 Å². The molecule has 2 heteroatoms. The number of hydrogen-bond donors (Lipinski definition) is 0. The van der Waals surface area contributed by atoms with Crippen molar-refractivity contribution >= 4 is 0 Å². The van der Waals surface area contributed by atoms with E-state index < -0.39 is 0 Å². The first kappa shape index (κ1) is 24.0. The van der Waals surface area contributed by atoms with Gasteiger partial charge in [-0.1, -0.05) is 90.9 Å². The summed E-state index contributed by atoms with van der Waals surface area (Å²) in [5, 5.41) is 0. The Balaban J connectivity index is 1.82. The van der Waals surface area contributed by atoms with E-state index >= 15 is 0 Å². The molecule has 0 aliphatic carbocycles. The fourth-order valence-corrected chi connectivity index (χ4v) is 4.44. The highest BCUT2D eigenvalue weighted by Crippen LogP contribution is 2.15. The molecule has 1 saturated heterocycles. The lowest BCUT2D eigenvalue weighted by molar-refractivity contribution is -0.913. The van der Waals surface area contributed by atoms with Crippen molar-refractivity contribution in [3.05, 3.63) is 0 Å². The van der Waals surface area contributed by atoms with Crippen molar-refractivity contribution in [3.63, 3.8) is 0 Å². The number of hydrogen-bond acceptors (Lipinski definition) is 1. The van der Waals surface area contributed by atoms with Crippen LogP contribution >= 0.6 is 0 Å². The van der Waals surface area contributed by atoms with Crippen LogP contribution in [-0.4, -0.2) is 55.7 Å². The average molecular weight is 368 g/mol. The maximum absolute atomic E-state index is 2.66. The molecule has 0 aromatic rings. The van der Waals surface area contributed by atoms with Crippen LogP contribution < -0.4 is 0 Å². The third-order valence-corrected chi connectivity index (χ3v) is 6.50. The number of piperazine rings is 1. The Morgan fingerprint density at radius 1 is 0.577 bits per heavy atom. The highest BCUT2D eigenvalue weighted by Gasteiger charge is 2.27. The second kappa shape index (κ2) is 15.9. The van der Waals surface area contributed by atoms with Crippen molar-refractivity contribution in [2.45, 2.75) is 110 Å². The molecule has 1 fully saturated rings. The average Bonchev–Trinajstić information content (AvgIpc) is 2.64. The first-order chi connectivity index (χ1) is 12.7. The number of rotatable bonds is 17. The SMILES string of the molecule is CCCCCCCCCCCCCCCC[N+]1(C)CCN(CCC)CC1. The Labute approximate surface area is 166 Å². The van der Waals surface area contributed by atoms with Crippen molar-refractivity contribution in [1.82, 2.24) is 4.90 Å². The molecular weight excluding hydrogens is 316 g/mol. The molecule has 0 radical (unpaired) electrons. The largest absolute Gasteiger partial charge is 0.324 e. The van der Waals surface area contributed by atoms with Gasteiger partial charge in [0, 0.05) is 13.1 Å². The molecule has 0 bridgehead atoms. The van der Waals surface area contributed by atoms with Crippen LogP contribution in [0.25, 0.3) is 0 Å². The highest BCUT2D eigenvalue weighted by atomic mass is 15.4. The van der Waals surface area contributed by atoms with Crippen molar-refractivity contribution in [3.8, 4) is 0 Å². The molecule has 1 aliphatic heterocycles. The molecule has 1 heterocycles. The molecule has 1 aliphatic rings. The van der Waals surface area contributed by atoms with E-state index in [2.05, 4.69) is 25.8 Å². The second-order valence-corrected chi connectivity index (χ2v) is 9.23. The lowest BCUT2D eigenvalue weighted by Gasteiger charge is -2.42.